The van der Waals surface area contributed by atoms with Crippen LogP contribution in [0.25, 0.3) is 11.1 Å². The first-order valence-electron chi connectivity index (χ1n) is 11.9. The minimum absolute atomic E-state index is 0.388. The fourth-order valence-corrected chi connectivity index (χ4v) is 3.76. The van der Waals surface area contributed by atoms with Crippen molar-refractivity contribution in [3.63, 3.8) is 0 Å². The molecule has 8 heteroatoms. The average Bonchev–Trinajstić information content (AvgIpc) is 3.34. The van der Waals surface area contributed by atoms with Crippen LogP contribution in [-0.2, 0) is 11.2 Å². The standard InChI is InChI=1S/C28H30N2O6/c1-3-25(27(31)32)35-23-8-6-7-20(19-23)15-16-30(28-29-24-9-4-5-10-26(24)36-28)17-18-34-22-13-11-21(33-2)12-14-22/h4-14,19,25H,3,15-18H2,1-2H3,(H,31,32). The highest BCUT2D eigenvalue weighted by Gasteiger charge is 2.18. The topological polar surface area (TPSA) is 94.3 Å². The Morgan fingerprint density at radius 2 is 1.78 bits per heavy atom. The van der Waals surface area contributed by atoms with Gasteiger partial charge >= 0.3 is 5.97 Å². The van der Waals surface area contributed by atoms with Gasteiger partial charge in [0.25, 0.3) is 6.01 Å². The summed E-state index contributed by atoms with van der Waals surface area (Å²) < 4.78 is 22.8. The molecule has 1 atom stereocenters. The Labute approximate surface area is 210 Å². The number of carboxylic acids is 1. The van der Waals surface area contributed by atoms with Crippen LogP contribution in [0.5, 0.6) is 17.2 Å². The molecule has 36 heavy (non-hydrogen) atoms. The van der Waals surface area contributed by atoms with E-state index in [2.05, 4.69) is 4.98 Å². The molecule has 4 aromatic rings. The van der Waals surface area contributed by atoms with Crippen LogP contribution in [0.15, 0.2) is 77.2 Å². The van der Waals surface area contributed by atoms with Crippen LogP contribution in [-0.4, -0.2) is 49.0 Å². The van der Waals surface area contributed by atoms with Crippen LogP contribution < -0.4 is 19.1 Å². The van der Waals surface area contributed by atoms with E-state index < -0.39 is 12.1 Å². The van der Waals surface area contributed by atoms with Gasteiger partial charge in [0, 0.05) is 6.54 Å². The van der Waals surface area contributed by atoms with Crippen molar-refractivity contribution in [1.82, 2.24) is 4.98 Å². The van der Waals surface area contributed by atoms with Crippen molar-refractivity contribution in [2.75, 3.05) is 31.7 Å². The van der Waals surface area contributed by atoms with E-state index in [1.165, 1.54) is 0 Å². The Bertz CT molecular complexity index is 1240. The molecular weight excluding hydrogens is 460 g/mol. The van der Waals surface area contributed by atoms with Gasteiger partial charge in [-0.15, -0.1) is 0 Å². The number of aliphatic carboxylic acids is 1. The maximum absolute atomic E-state index is 11.3. The number of methoxy groups -OCH3 is 1. The lowest BCUT2D eigenvalue weighted by molar-refractivity contribution is -0.145. The van der Waals surface area contributed by atoms with Crippen LogP contribution in [0.1, 0.15) is 18.9 Å². The number of benzene rings is 3. The summed E-state index contributed by atoms with van der Waals surface area (Å²) in [7, 11) is 1.63. The predicted molar refractivity (Wildman–Crippen MR) is 137 cm³/mol. The van der Waals surface area contributed by atoms with E-state index >= 15 is 0 Å². The van der Waals surface area contributed by atoms with Crippen LogP contribution >= 0.6 is 0 Å². The van der Waals surface area contributed by atoms with Crippen molar-refractivity contribution < 1.29 is 28.5 Å². The molecule has 1 unspecified atom stereocenters. The van der Waals surface area contributed by atoms with Crippen LogP contribution in [0.3, 0.4) is 0 Å². The quantitative estimate of drug-likeness (QED) is 0.273. The summed E-state index contributed by atoms with van der Waals surface area (Å²) in [6, 6.07) is 23.2. The number of aromatic nitrogens is 1. The van der Waals surface area contributed by atoms with Crippen LogP contribution in [0.2, 0.25) is 0 Å². The second kappa shape index (κ2) is 12.0. The molecule has 8 nitrogen and oxygen atoms in total. The number of carbonyl (C=O) groups is 1. The van der Waals surface area contributed by atoms with Gasteiger partial charge in [-0.2, -0.15) is 4.98 Å². The highest BCUT2D eigenvalue weighted by molar-refractivity contribution is 5.74. The number of nitrogens with zero attached hydrogens (tertiary/aromatic N) is 2. The van der Waals surface area contributed by atoms with Crippen molar-refractivity contribution >= 4 is 23.1 Å². The Balaban J connectivity index is 1.44. The Morgan fingerprint density at radius 1 is 1.00 bits per heavy atom. The Kier molecular flexibility index (Phi) is 8.28. The lowest BCUT2D eigenvalue weighted by Gasteiger charge is -2.21. The summed E-state index contributed by atoms with van der Waals surface area (Å²) in [5, 5.41) is 9.29. The first-order chi connectivity index (χ1) is 17.6. The largest absolute Gasteiger partial charge is 0.497 e. The third kappa shape index (κ3) is 6.47. The molecule has 0 spiro atoms. The number of para-hydroxylation sites is 2. The molecule has 0 amide bonds. The van der Waals surface area contributed by atoms with E-state index in [0.717, 1.165) is 28.2 Å². The second-order valence-electron chi connectivity index (χ2n) is 8.23. The fourth-order valence-electron chi connectivity index (χ4n) is 3.76. The number of fused-ring (bicyclic) bond motifs is 1. The SMILES string of the molecule is CCC(Oc1cccc(CCN(CCOc2ccc(OC)cc2)c2nc3ccccc3o2)c1)C(=O)O. The highest BCUT2D eigenvalue weighted by atomic mass is 16.5. The zero-order valence-corrected chi connectivity index (χ0v) is 20.4. The molecule has 4 rings (SSSR count). The zero-order chi connectivity index (χ0) is 25.3. The molecule has 3 aromatic carbocycles. The van der Waals surface area contributed by atoms with Gasteiger partial charge in [-0.1, -0.05) is 31.2 Å². The normalized spacial score (nSPS) is 11.7. The van der Waals surface area contributed by atoms with Crippen LogP contribution in [0, 0.1) is 0 Å². The molecule has 0 bridgehead atoms. The molecule has 1 N–H and O–H groups in total. The Hall–Kier alpha value is -4.20. The molecule has 0 aliphatic carbocycles. The van der Waals surface area contributed by atoms with E-state index in [1.807, 2.05) is 71.6 Å². The van der Waals surface area contributed by atoms with Gasteiger partial charge in [0.15, 0.2) is 11.7 Å². The summed E-state index contributed by atoms with van der Waals surface area (Å²) in [4.78, 5) is 18.0. The van der Waals surface area contributed by atoms with E-state index in [-0.39, 0.29) is 0 Å². The van der Waals surface area contributed by atoms with Crippen LogP contribution in [0.4, 0.5) is 6.01 Å². The van der Waals surface area contributed by atoms with Gasteiger partial charge in [0.2, 0.25) is 0 Å². The molecule has 0 aliphatic rings. The molecule has 0 aliphatic heterocycles. The lowest BCUT2D eigenvalue weighted by Crippen LogP contribution is -2.30. The minimum atomic E-state index is -0.970. The first kappa shape index (κ1) is 24.9. The molecule has 0 saturated carbocycles. The van der Waals surface area contributed by atoms with Gasteiger partial charge in [-0.3, -0.25) is 0 Å². The molecule has 0 radical (unpaired) electrons. The molecule has 0 saturated heterocycles. The summed E-state index contributed by atoms with van der Waals surface area (Å²) >= 11 is 0. The number of rotatable bonds is 13. The highest BCUT2D eigenvalue weighted by Crippen LogP contribution is 2.23. The van der Waals surface area contributed by atoms with Crippen molar-refractivity contribution in [3.8, 4) is 17.2 Å². The maximum atomic E-state index is 11.3. The van der Waals surface area contributed by atoms with E-state index in [9.17, 15) is 9.90 Å². The first-order valence-corrected chi connectivity index (χ1v) is 11.9. The lowest BCUT2D eigenvalue weighted by atomic mass is 10.1. The van der Waals surface area contributed by atoms with Gasteiger partial charge in [-0.05, 0) is 66.9 Å². The molecule has 188 valence electrons. The molecular formula is C28H30N2O6. The van der Waals surface area contributed by atoms with Crippen molar-refractivity contribution in [2.45, 2.75) is 25.9 Å². The van der Waals surface area contributed by atoms with Crippen molar-refractivity contribution in [1.29, 1.82) is 0 Å². The number of hydrogen-bond acceptors (Lipinski definition) is 7. The smallest absolute Gasteiger partial charge is 0.344 e. The number of ether oxygens (including phenoxy) is 3. The summed E-state index contributed by atoms with van der Waals surface area (Å²) in [5.74, 6) is 1.09. The zero-order valence-electron chi connectivity index (χ0n) is 20.4. The van der Waals surface area contributed by atoms with E-state index in [1.54, 1.807) is 20.1 Å². The van der Waals surface area contributed by atoms with E-state index in [4.69, 9.17) is 18.6 Å². The average molecular weight is 491 g/mol. The molecule has 0 fully saturated rings. The number of hydrogen-bond donors (Lipinski definition) is 1. The van der Waals surface area contributed by atoms with E-state index in [0.29, 0.717) is 44.3 Å². The number of oxazole rings is 1. The number of carboxylic acid groups (broad SMARTS) is 1. The third-order valence-electron chi connectivity index (χ3n) is 5.74. The van der Waals surface area contributed by atoms with Gasteiger partial charge < -0.3 is 28.6 Å². The molecule has 1 heterocycles. The molecule has 1 aromatic heterocycles. The predicted octanol–water partition coefficient (Wildman–Crippen LogP) is 5.21. The fraction of sp³-hybridized carbons (Fsp3) is 0.286. The number of anilines is 1. The summed E-state index contributed by atoms with van der Waals surface area (Å²) in [6.45, 7) is 3.41. The Morgan fingerprint density at radius 3 is 2.50 bits per heavy atom. The second-order valence-corrected chi connectivity index (χ2v) is 8.23. The van der Waals surface area contributed by atoms with Gasteiger partial charge in [-0.25, -0.2) is 4.79 Å². The summed E-state index contributed by atoms with van der Waals surface area (Å²) in [5.41, 5.74) is 2.54. The minimum Gasteiger partial charge on any atom is -0.497 e. The van der Waals surface area contributed by atoms with Crippen molar-refractivity contribution in [2.24, 2.45) is 0 Å². The maximum Gasteiger partial charge on any atom is 0.344 e. The monoisotopic (exact) mass is 490 g/mol. The van der Waals surface area contributed by atoms with Gasteiger partial charge in [0.1, 0.15) is 29.4 Å². The third-order valence-corrected chi connectivity index (χ3v) is 5.74. The van der Waals surface area contributed by atoms with Gasteiger partial charge in [0.05, 0.1) is 13.7 Å². The summed E-state index contributed by atoms with van der Waals surface area (Å²) in [6.07, 6.45) is 0.202. The van der Waals surface area contributed by atoms with Crippen molar-refractivity contribution in [3.05, 3.63) is 78.4 Å².